The molecule has 0 heterocycles. The first-order valence-electron chi connectivity index (χ1n) is 3.66. The van der Waals surface area contributed by atoms with E-state index in [0.29, 0.717) is 0 Å². The van der Waals surface area contributed by atoms with Gasteiger partial charge in [-0.1, -0.05) is 12.1 Å². The molecule has 3 N–H and O–H groups in total. The van der Waals surface area contributed by atoms with E-state index in [-0.39, 0.29) is 11.5 Å². The summed E-state index contributed by atoms with van der Waals surface area (Å²) in [5.74, 6) is 0.0928. The van der Waals surface area contributed by atoms with Crippen molar-refractivity contribution < 1.29 is 9.90 Å². The highest BCUT2D eigenvalue weighted by Crippen LogP contribution is 2.15. The zero-order chi connectivity index (χ0) is 9.14. The third-order valence-corrected chi connectivity index (χ3v) is 1.69. The van der Waals surface area contributed by atoms with Crippen LogP contribution in [0, 0.1) is 0 Å². The minimum Gasteiger partial charge on any atom is -0.508 e. The second kappa shape index (κ2) is 3.36. The van der Waals surface area contributed by atoms with Crippen LogP contribution in [0.2, 0.25) is 0 Å². The van der Waals surface area contributed by atoms with E-state index in [2.05, 4.69) is 0 Å². The first-order valence-corrected chi connectivity index (χ1v) is 3.66. The maximum absolute atomic E-state index is 10.8. The predicted molar refractivity (Wildman–Crippen MR) is 45.7 cm³/mol. The second-order valence-electron chi connectivity index (χ2n) is 2.68. The molecular formula is C9H11NO2. The summed E-state index contributed by atoms with van der Waals surface area (Å²) >= 11 is 0. The van der Waals surface area contributed by atoms with Crippen LogP contribution in [0.3, 0.4) is 0 Å². The molecule has 0 aromatic heterocycles. The fourth-order valence-electron chi connectivity index (χ4n) is 0.916. The lowest BCUT2D eigenvalue weighted by Gasteiger charge is -2.06. The number of phenols is 1. The summed E-state index contributed by atoms with van der Waals surface area (Å²) in [4.78, 5) is 10.8. The summed E-state index contributed by atoms with van der Waals surface area (Å²) < 4.78 is 0. The van der Waals surface area contributed by atoms with Crippen LogP contribution >= 0.6 is 0 Å². The van der Waals surface area contributed by atoms with Gasteiger partial charge in [-0.05, 0) is 24.6 Å². The Balaban J connectivity index is 2.89. The molecule has 0 saturated carbocycles. The van der Waals surface area contributed by atoms with Crippen molar-refractivity contribution in [2.24, 2.45) is 5.73 Å². The summed E-state index contributed by atoms with van der Waals surface area (Å²) in [5, 5.41) is 8.95. The second-order valence-corrected chi connectivity index (χ2v) is 2.68. The van der Waals surface area contributed by atoms with E-state index in [0.717, 1.165) is 5.56 Å². The van der Waals surface area contributed by atoms with E-state index in [1.807, 2.05) is 0 Å². The molecule has 0 fully saturated rings. The van der Waals surface area contributed by atoms with E-state index < -0.39 is 6.04 Å². The quantitative estimate of drug-likeness (QED) is 0.686. The van der Waals surface area contributed by atoms with Crippen LogP contribution < -0.4 is 5.73 Å². The molecule has 0 bridgehead atoms. The number of Topliss-reactive ketones (excluding diaryl/α,β-unsaturated/α-hetero) is 1. The molecule has 0 aliphatic rings. The van der Waals surface area contributed by atoms with Crippen LogP contribution in [-0.2, 0) is 4.79 Å². The molecule has 0 saturated heterocycles. The third kappa shape index (κ3) is 1.83. The smallest absolute Gasteiger partial charge is 0.150 e. The molecular weight excluding hydrogens is 154 g/mol. The molecule has 0 aliphatic carbocycles. The Bertz CT molecular complexity index is 279. The maximum Gasteiger partial charge on any atom is 0.150 e. The van der Waals surface area contributed by atoms with Crippen LogP contribution in [-0.4, -0.2) is 10.9 Å². The summed E-state index contributed by atoms with van der Waals surface area (Å²) in [6.07, 6.45) is 0. The average Bonchev–Trinajstić information content (AvgIpc) is 2.04. The fourth-order valence-corrected chi connectivity index (χ4v) is 0.916. The van der Waals surface area contributed by atoms with E-state index in [1.54, 1.807) is 12.1 Å². The van der Waals surface area contributed by atoms with E-state index in [4.69, 9.17) is 10.8 Å². The molecule has 0 aliphatic heterocycles. The maximum atomic E-state index is 10.8. The van der Waals surface area contributed by atoms with Crippen molar-refractivity contribution in [1.29, 1.82) is 0 Å². The molecule has 3 heteroatoms. The molecule has 3 nitrogen and oxygen atoms in total. The van der Waals surface area contributed by atoms with Gasteiger partial charge in [0.2, 0.25) is 0 Å². The Morgan fingerprint density at radius 1 is 1.42 bits per heavy atom. The van der Waals surface area contributed by atoms with Crippen LogP contribution in [0.5, 0.6) is 5.75 Å². The molecule has 0 amide bonds. The monoisotopic (exact) mass is 165 g/mol. The Labute approximate surface area is 70.8 Å². The van der Waals surface area contributed by atoms with Gasteiger partial charge in [0, 0.05) is 0 Å². The molecule has 64 valence electrons. The Hall–Kier alpha value is -1.35. The summed E-state index contributed by atoms with van der Waals surface area (Å²) in [5.41, 5.74) is 6.28. The molecule has 0 spiro atoms. The number of benzene rings is 1. The van der Waals surface area contributed by atoms with Gasteiger partial charge < -0.3 is 10.8 Å². The van der Waals surface area contributed by atoms with Crippen LogP contribution in [0.1, 0.15) is 18.5 Å². The molecule has 1 aromatic carbocycles. The minimum atomic E-state index is -0.578. The van der Waals surface area contributed by atoms with Crippen molar-refractivity contribution in [3.8, 4) is 5.75 Å². The highest BCUT2D eigenvalue weighted by molar-refractivity contribution is 5.82. The molecule has 0 radical (unpaired) electrons. The number of aromatic hydroxyl groups is 1. The fraction of sp³-hybridized carbons (Fsp3) is 0.222. The predicted octanol–water partition coefficient (Wildman–Crippen LogP) is 0.981. The van der Waals surface area contributed by atoms with E-state index >= 15 is 0 Å². The number of nitrogens with two attached hydrogens (primary N) is 1. The Morgan fingerprint density at radius 3 is 2.33 bits per heavy atom. The number of phenolic OH excluding ortho intramolecular Hbond substituents is 1. The number of rotatable bonds is 2. The van der Waals surface area contributed by atoms with Gasteiger partial charge in [0.15, 0.2) is 5.78 Å². The lowest BCUT2D eigenvalue weighted by Crippen LogP contribution is -2.18. The van der Waals surface area contributed by atoms with Crippen molar-refractivity contribution in [1.82, 2.24) is 0 Å². The van der Waals surface area contributed by atoms with E-state index in [1.165, 1.54) is 19.1 Å². The Morgan fingerprint density at radius 2 is 1.92 bits per heavy atom. The highest BCUT2D eigenvalue weighted by Gasteiger charge is 2.09. The first-order chi connectivity index (χ1) is 5.61. The molecule has 1 aromatic rings. The number of carbonyl (C=O) groups excluding carboxylic acids is 1. The lowest BCUT2D eigenvalue weighted by atomic mass is 10.0. The minimum absolute atomic E-state index is 0.0827. The molecule has 1 unspecified atom stereocenters. The topological polar surface area (TPSA) is 63.3 Å². The van der Waals surface area contributed by atoms with Crippen molar-refractivity contribution >= 4 is 5.78 Å². The lowest BCUT2D eigenvalue weighted by molar-refractivity contribution is -0.118. The van der Waals surface area contributed by atoms with Crippen molar-refractivity contribution in [2.75, 3.05) is 0 Å². The summed E-state index contributed by atoms with van der Waals surface area (Å²) in [6.45, 7) is 1.44. The van der Waals surface area contributed by atoms with E-state index in [9.17, 15) is 4.79 Å². The van der Waals surface area contributed by atoms with Crippen molar-refractivity contribution in [2.45, 2.75) is 13.0 Å². The van der Waals surface area contributed by atoms with Gasteiger partial charge in [-0.25, -0.2) is 0 Å². The van der Waals surface area contributed by atoms with Gasteiger partial charge in [0.1, 0.15) is 5.75 Å². The molecule has 12 heavy (non-hydrogen) atoms. The normalized spacial score (nSPS) is 12.5. The number of hydrogen-bond acceptors (Lipinski definition) is 3. The van der Waals surface area contributed by atoms with Gasteiger partial charge in [-0.2, -0.15) is 0 Å². The zero-order valence-corrected chi connectivity index (χ0v) is 6.82. The number of hydrogen-bond donors (Lipinski definition) is 2. The van der Waals surface area contributed by atoms with Gasteiger partial charge >= 0.3 is 0 Å². The van der Waals surface area contributed by atoms with Gasteiger partial charge in [0.05, 0.1) is 6.04 Å². The molecule has 1 rings (SSSR count). The zero-order valence-electron chi connectivity index (χ0n) is 6.82. The number of ketones is 1. The van der Waals surface area contributed by atoms with Crippen molar-refractivity contribution in [3.05, 3.63) is 29.8 Å². The standard InChI is InChI=1S/C9H11NO2/c1-6(11)9(10)7-2-4-8(12)5-3-7/h2-5,9,12H,10H2,1H3. The largest absolute Gasteiger partial charge is 0.508 e. The SMILES string of the molecule is CC(=O)C(N)c1ccc(O)cc1. The average molecular weight is 165 g/mol. The highest BCUT2D eigenvalue weighted by atomic mass is 16.3. The summed E-state index contributed by atoms with van der Waals surface area (Å²) in [7, 11) is 0. The Kier molecular flexibility index (Phi) is 2.45. The first kappa shape index (κ1) is 8.74. The van der Waals surface area contributed by atoms with Gasteiger partial charge in [-0.3, -0.25) is 4.79 Å². The van der Waals surface area contributed by atoms with Gasteiger partial charge in [0.25, 0.3) is 0 Å². The summed E-state index contributed by atoms with van der Waals surface area (Å²) in [6, 6.07) is 5.73. The molecule has 1 atom stereocenters. The van der Waals surface area contributed by atoms with Crippen LogP contribution in [0.15, 0.2) is 24.3 Å². The van der Waals surface area contributed by atoms with Gasteiger partial charge in [-0.15, -0.1) is 0 Å². The van der Waals surface area contributed by atoms with Crippen LogP contribution in [0.25, 0.3) is 0 Å². The number of carbonyl (C=O) groups is 1. The van der Waals surface area contributed by atoms with Crippen LogP contribution in [0.4, 0.5) is 0 Å². The van der Waals surface area contributed by atoms with Crippen molar-refractivity contribution in [3.63, 3.8) is 0 Å². The third-order valence-electron chi connectivity index (χ3n) is 1.69.